The average molecular weight is 783 g/mol. The predicted octanol–water partition coefficient (Wildman–Crippen LogP) is 1.05. The monoisotopic (exact) mass is 782 g/mol. The van der Waals surface area contributed by atoms with Gasteiger partial charge in [0.2, 0.25) is 5.60 Å². The molecule has 5 unspecified atom stereocenters. The van der Waals surface area contributed by atoms with E-state index in [0.29, 0.717) is 0 Å². The molecule has 14 N–H and O–H groups in total. The van der Waals surface area contributed by atoms with E-state index in [-0.39, 0.29) is 35.0 Å². The second kappa shape index (κ2) is 16.8. The van der Waals surface area contributed by atoms with Gasteiger partial charge in [-0.15, -0.1) is 0 Å². The van der Waals surface area contributed by atoms with Crippen molar-refractivity contribution in [1.29, 1.82) is 0 Å². The molecule has 2 rings (SSSR count). The molecule has 0 radical (unpaired) electrons. The molecule has 16 nitrogen and oxygen atoms in total. The Labute approximate surface area is 306 Å². The fraction of sp³-hybridized carbons (Fsp3) is 0.633. The van der Waals surface area contributed by atoms with Crippen molar-refractivity contribution in [3.63, 3.8) is 0 Å². The van der Waals surface area contributed by atoms with Gasteiger partial charge in [-0.1, -0.05) is 0 Å². The van der Waals surface area contributed by atoms with Gasteiger partial charge in [0.15, 0.2) is 5.54 Å². The highest BCUT2D eigenvalue weighted by Crippen LogP contribution is 2.55. The number of hydrogen-bond acceptors (Lipinski definition) is 15. The number of carboxylic acids is 5. The number of aliphatic carboxylic acids is 5. The zero-order chi connectivity index (χ0) is 38.5. The molecule has 0 fully saturated rings. The summed E-state index contributed by atoms with van der Waals surface area (Å²) in [7, 11) is 0. The Bertz CT molecular complexity index is 1500. The molecule has 1 aliphatic rings. The van der Waals surface area contributed by atoms with Gasteiger partial charge < -0.3 is 58.3 Å². The normalized spacial score (nSPS) is 20.6. The summed E-state index contributed by atoms with van der Waals surface area (Å²) in [5.74, 6) is -10.4. The van der Waals surface area contributed by atoms with Crippen LogP contribution < -0.4 is 27.7 Å². The van der Waals surface area contributed by atoms with E-state index in [9.17, 15) is 54.6 Å². The molecular weight excluding hydrogens is 737 g/mol. The third kappa shape index (κ3) is 7.48. The highest BCUT2D eigenvalue weighted by molar-refractivity contribution is 7.99. The molecule has 0 bridgehead atoms. The summed E-state index contributed by atoms with van der Waals surface area (Å²) in [4.78, 5) is 65.5. The van der Waals surface area contributed by atoms with Gasteiger partial charge in [0.1, 0.15) is 28.1 Å². The van der Waals surface area contributed by atoms with E-state index in [1.165, 1.54) is 35.3 Å². The lowest BCUT2D eigenvalue weighted by Crippen LogP contribution is -2.73. The number of hydrogen-bond donors (Lipinski definition) is 10. The van der Waals surface area contributed by atoms with Gasteiger partial charge in [-0.2, -0.15) is 47.0 Å². The molecule has 0 aromatic heterocycles. The summed E-state index contributed by atoms with van der Waals surface area (Å²) in [5, 5.41) is 65.3. The predicted molar refractivity (Wildman–Crippen MR) is 194 cm³/mol. The van der Waals surface area contributed by atoms with Crippen LogP contribution in [-0.4, -0.2) is 120 Å². The number of benzene rings is 1. The second-order valence-electron chi connectivity index (χ2n) is 12.1. The molecule has 1 heterocycles. The van der Waals surface area contributed by atoms with Crippen LogP contribution in [0.5, 0.6) is 11.5 Å². The molecule has 50 heavy (non-hydrogen) atoms. The maximum absolute atomic E-state index is 13.3. The molecule has 0 amide bonds. The number of carboxylic acid groups (broad SMARTS) is 5. The minimum Gasteiger partial charge on any atom is -0.507 e. The fourth-order valence-corrected chi connectivity index (χ4v) is 8.29. The van der Waals surface area contributed by atoms with Crippen LogP contribution >= 0.6 is 47.0 Å². The zero-order valence-electron chi connectivity index (χ0n) is 28.1. The van der Waals surface area contributed by atoms with Crippen LogP contribution in [0.25, 0.3) is 0 Å². The molecule has 1 aromatic carbocycles. The standard InChI is InChI=1S/C30H46N4O12S4/c1-47-11-7-26(31,21(36)37)16-15-5-6-30(25(44)45,29(34,24(42)43)10-14-50-4)46-20(15)18(28(33,23(40)41)9-13-49-3)17(19(16)35)27(32,22(38)39)8-12-48-2/h35H,5-14,31-34H2,1-4H3,(H,36,37)(H,38,39)(H,40,41)(H,42,43)(H,44,45). The number of fused-ring (bicyclic) bond motifs is 1. The van der Waals surface area contributed by atoms with E-state index in [1.54, 1.807) is 25.0 Å². The van der Waals surface area contributed by atoms with Crippen molar-refractivity contribution < 1.29 is 59.3 Å². The first-order valence-electron chi connectivity index (χ1n) is 15.1. The van der Waals surface area contributed by atoms with Gasteiger partial charge in [0.25, 0.3) is 0 Å². The Kier molecular flexibility index (Phi) is 14.7. The summed E-state index contributed by atoms with van der Waals surface area (Å²) in [5.41, 5.74) is 10.4. The van der Waals surface area contributed by atoms with Crippen LogP contribution in [0.15, 0.2) is 0 Å². The Morgan fingerprint density at radius 3 is 1.38 bits per heavy atom. The highest BCUT2D eigenvalue weighted by atomic mass is 32.2. The van der Waals surface area contributed by atoms with Crippen molar-refractivity contribution >= 4 is 76.9 Å². The molecule has 20 heteroatoms. The molecule has 0 aliphatic carbocycles. The van der Waals surface area contributed by atoms with Crippen LogP contribution in [-0.2, 0) is 47.0 Å². The number of aromatic hydroxyl groups is 1. The number of phenolic OH excluding ortho intramolecular Hbond substituents is 1. The molecule has 0 spiro atoms. The third-order valence-corrected chi connectivity index (χ3v) is 11.7. The zero-order valence-corrected chi connectivity index (χ0v) is 31.4. The van der Waals surface area contributed by atoms with Gasteiger partial charge in [0.05, 0.1) is 0 Å². The number of ether oxygens (including phenoxy) is 1. The number of nitrogens with two attached hydrogens (primary N) is 4. The Morgan fingerprint density at radius 2 is 1.02 bits per heavy atom. The molecule has 1 aliphatic heterocycles. The van der Waals surface area contributed by atoms with E-state index in [2.05, 4.69) is 0 Å². The van der Waals surface area contributed by atoms with Crippen LogP contribution in [0.3, 0.4) is 0 Å². The maximum Gasteiger partial charge on any atom is 0.350 e. The quantitative estimate of drug-likeness (QED) is 0.0833. The SMILES string of the molecule is CSCCC(N)(C(=O)O)c1c(O)c(C(N)(CCSC)C(=O)O)c(C(N)(CCSC)C(=O)O)c2c1CCC(C(=O)O)(C(N)(CCSC)C(=O)O)O2. The van der Waals surface area contributed by atoms with Gasteiger partial charge >= 0.3 is 29.8 Å². The van der Waals surface area contributed by atoms with Crippen LogP contribution in [0.4, 0.5) is 0 Å². The summed E-state index contributed by atoms with van der Waals surface area (Å²) in [6.45, 7) is 0. The molecule has 5 atom stereocenters. The molecule has 0 saturated carbocycles. The number of carbonyl (C=O) groups is 5. The summed E-state index contributed by atoms with van der Waals surface area (Å²) >= 11 is 4.71. The van der Waals surface area contributed by atoms with Gasteiger partial charge in [0, 0.05) is 28.7 Å². The molecular formula is C30H46N4O12S4. The van der Waals surface area contributed by atoms with E-state index in [4.69, 9.17) is 27.7 Å². The van der Waals surface area contributed by atoms with Crippen molar-refractivity contribution in [1.82, 2.24) is 0 Å². The van der Waals surface area contributed by atoms with Crippen molar-refractivity contribution in [2.24, 2.45) is 22.9 Å². The lowest BCUT2D eigenvalue weighted by Gasteiger charge is -2.48. The molecule has 0 saturated heterocycles. The van der Waals surface area contributed by atoms with Crippen LogP contribution in [0, 0.1) is 0 Å². The minimum atomic E-state index is -2.85. The van der Waals surface area contributed by atoms with Crippen molar-refractivity contribution in [3.05, 3.63) is 22.3 Å². The van der Waals surface area contributed by atoms with E-state index >= 15 is 0 Å². The lowest BCUT2D eigenvalue weighted by molar-refractivity contribution is -0.176. The molecule has 282 valence electrons. The van der Waals surface area contributed by atoms with E-state index in [1.807, 2.05) is 0 Å². The van der Waals surface area contributed by atoms with Crippen molar-refractivity contribution in [3.8, 4) is 11.5 Å². The first-order chi connectivity index (χ1) is 23.2. The Morgan fingerprint density at radius 1 is 0.640 bits per heavy atom. The lowest BCUT2D eigenvalue weighted by atomic mass is 9.67. The third-order valence-electron chi connectivity index (χ3n) is 9.26. The van der Waals surface area contributed by atoms with Crippen molar-refractivity contribution in [2.45, 2.75) is 66.3 Å². The average Bonchev–Trinajstić information content (AvgIpc) is 3.05. The fourth-order valence-electron chi connectivity index (χ4n) is 6.19. The first kappa shape index (κ1) is 43.6. The smallest absolute Gasteiger partial charge is 0.350 e. The number of rotatable bonds is 21. The molecule has 1 aromatic rings. The number of thioether (sulfide) groups is 4. The van der Waals surface area contributed by atoms with Gasteiger partial charge in [-0.3, -0.25) is 4.79 Å². The largest absolute Gasteiger partial charge is 0.507 e. The Hall–Kier alpha value is -2.59. The van der Waals surface area contributed by atoms with Gasteiger partial charge in [-0.25, -0.2) is 19.2 Å². The minimum absolute atomic E-state index is 0.0300. The highest BCUT2D eigenvalue weighted by Gasteiger charge is 2.65. The van der Waals surface area contributed by atoms with Crippen LogP contribution in [0.1, 0.15) is 54.4 Å². The van der Waals surface area contributed by atoms with E-state index < -0.39 is 118 Å². The number of phenols is 1. The Balaban J connectivity index is 3.53. The topological polar surface area (TPSA) is 320 Å². The summed E-state index contributed by atoms with van der Waals surface area (Å²) in [6.07, 6.45) is 3.58. The van der Waals surface area contributed by atoms with Gasteiger partial charge in [-0.05, 0) is 80.1 Å². The van der Waals surface area contributed by atoms with Crippen LogP contribution in [0.2, 0.25) is 0 Å². The van der Waals surface area contributed by atoms with Crippen molar-refractivity contribution in [2.75, 3.05) is 48.0 Å². The summed E-state index contributed by atoms with van der Waals surface area (Å²) < 4.78 is 6.22. The summed E-state index contributed by atoms with van der Waals surface area (Å²) in [6, 6.07) is 0. The maximum atomic E-state index is 13.3. The second-order valence-corrected chi connectivity index (χ2v) is 16.0. The first-order valence-corrected chi connectivity index (χ1v) is 20.7. The van der Waals surface area contributed by atoms with E-state index in [0.717, 1.165) is 11.8 Å².